The third-order valence-electron chi connectivity index (χ3n) is 4.46. The van der Waals surface area contributed by atoms with Gasteiger partial charge in [0.25, 0.3) is 0 Å². The first kappa shape index (κ1) is 16.0. The Morgan fingerprint density at radius 3 is 2.70 bits per heavy atom. The molecule has 2 heterocycles. The maximum Gasteiger partial charge on any atom is 0.337 e. The zero-order valence-electron chi connectivity index (χ0n) is 13.2. The van der Waals surface area contributed by atoms with Crippen LogP contribution >= 0.6 is 0 Å². The highest BCUT2D eigenvalue weighted by molar-refractivity contribution is 6.03. The van der Waals surface area contributed by atoms with E-state index in [0.29, 0.717) is 17.6 Å². The van der Waals surface area contributed by atoms with Gasteiger partial charge in [0.1, 0.15) is 0 Å². The lowest BCUT2D eigenvalue weighted by molar-refractivity contribution is 0.0698. The Morgan fingerprint density at radius 2 is 2.00 bits per heavy atom. The summed E-state index contributed by atoms with van der Waals surface area (Å²) < 4.78 is 1.87. The van der Waals surface area contributed by atoms with Gasteiger partial charge in [0, 0.05) is 50.9 Å². The normalized spacial score (nSPS) is 16.0. The molecule has 1 fully saturated rings. The molecule has 1 aliphatic heterocycles. The highest BCUT2D eigenvalue weighted by Gasteiger charge is 2.17. The number of rotatable bonds is 6. The zero-order valence-corrected chi connectivity index (χ0v) is 13.2. The summed E-state index contributed by atoms with van der Waals surface area (Å²) >= 11 is 0. The van der Waals surface area contributed by atoms with Crippen LogP contribution in [0.15, 0.2) is 24.4 Å². The predicted octanol–water partition coefficient (Wildman–Crippen LogP) is 0.779. The van der Waals surface area contributed by atoms with Crippen molar-refractivity contribution < 1.29 is 15.0 Å². The van der Waals surface area contributed by atoms with E-state index in [4.69, 9.17) is 0 Å². The van der Waals surface area contributed by atoms with Gasteiger partial charge in [-0.25, -0.2) is 4.79 Å². The third-order valence-corrected chi connectivity index (χ3v) is 4.46. The van der Waals surface area contributed by atoms with Crippen molar-refractivity contribution in [1.82, 2.24) is 14.8 Å². The number of hydrogen-bond acceptors (Lipinski definition) is 4. The second-order valence-electron chi connectivity index (χ2n) is 5.92. The molecule has 2 aromatic rings. The fourth-order valence-electron chi connectivity index (χ4n) is 3.30. The minimum absolute atomic E-state index is 0.00499. The number of aromatic carboxylic acids is 1. The molecule has 0 aliphatic carbocycles. The van der Waals surface area contributed by atoms with E-state index in [1.165, 1.54) is 0 Å². The highest BCUT2D eigenvalue weighted by Crippen LogP contribution is 2.25. The number of hydrogen-bond donors (Lipinski definition) is 3. The largest absolute Gasteiger partial charge is 0.478 e. The zero-order chi connectivity index (χ0) is 16.2. The fraction of sp³-hybridized carbons (Fsp3) is 0.471. The van der Waals surface area contributed by atoms with Gasteiger partial charge >= 0.3 is 5.97 Å². The lowest BCUT2D eigenvalue weighted by atomic mass is 10.1. The minimum atomic E-state index is -0.929. The Bertz CT molecular complexity index is 690. The van der Waals surface area contributed by atoms with Gasteiger partial charge < -0.3 is 25.0 Å². The first-order chi connectivity index (χ1) is 11.2. The van der Waals surface area contributed by atoms with Crippen LogP contribution in [0, 0.1) is 0 Å². The number of aliphatic hydroxyl groups excluding tert-OH is 1. The van der Waals surface area contributed by atoms with E-state index in [1.807, 2.05) is 16.8 Å². The number of carboxylic acids is 1. The number of carbonyl (C=O) groups is 1. The van der Waals surface area contributed by atoms with E-state index >= 15 is 0 Å². The average molecular weight is 317 g/mol. The van der Waals surface area contributed by atoms with Crippen molar-refractivity contribution in [3.05, 3.63) is 35.5 Å². The number of nitrogens with one attached hydrogen (secondary N) is 1. The van der Waals surface area contributed by atoms with E-state index in [-0.39, 0.29) is 6.61 Å². The molecule has 1 aromatic carbocycles. The summed E-state index contributed by atoms with van der Waals surface area (Å²) in [5.41, 5.74) is 2.16. The lowest BCUT2D eigenvalue weighted by Crippen LogP contribution is -2.44. The maximum atomic E-state index is 11.5. The summed E-state index contributed by atoms with van der Waals surface area (Å²) in [7, 11) is 0. The van der Waals surface area contributed by atoms with Gasteiger partial charge in [-0.2, -0.15) is 0 Å². The Kier molecular flexibility index (Phi) is 4.95. The Morgan fingerprint density at radius 1 is 1.22 bits per heavy atom. The minimum Gasteiger partial charge on any atom is -0.478 e. The maximum absolute atomic E-state index is 11.5. The quantitative estimate of drug-likeness (QED) is 0.734. The summed E-state index contributed by atoms with van der Waals surface area (Å²) in [5, 5.41) is 23.0. The predicted molar refractivity (Wildman–Crippen MR) is 89.0 cm³/mol. The number of aliphatic hydroxyl groups is 1. The van der Waals surface area contributed by atoms with E-state index in [2.05, 4.69) is 10.2 Å². The Balaban J connectivity index is 1.90. The number of para-hydroxylation sites is 1. The number of carboxylic acid groups (broad SMARTS) is 1. The van der Waals surface area contributed by atoms with Crippen LogP contribution < -0.4 is 5.32 Å². The molecular formula is C17H23N3O3. The van der Waals surface area contributed by atoms with Gasteiger partial charge in [-0.15, -0.1) is 0 Å². The molecular weight excluding hydrogens is 294 g/mol. The highest BCUT2D eigenvalue weighted by atomic mass is 16.4. The molecule has 1 aromatic heterocycles. The van der Waals surface area contributed by atoms with Crippen LogP contribution in [0.3, 0.4) is 0 Å². The summed E-state index contributed by atoms with van der Waals surface area (Å²) in [4.78, 5) is 13.9. The van der Waals surface area contributed by atoms with Crippen LogP contribution in [-0.2, 0) is 13.0 Å². The molecule has 0 saturated carbocycles. The number of aromatic nitrogens is 1. The van der Waals surface area contributed by atoms with Crippen molar-refractivity contribution in [3.8, 4) is 0 Å². The summed E-state index contributed by atoms with van der Waals surface area (Å²) in [5.74, 6) is -0.929. The molecule has 0 unspecified atom stereocenters. The van der Waals surface area contributed by atoms with E-state index in [0.717, 1.165) is 50.1 Å². The second-order valence-corrected chi connectivity index (χ2v) is 5.92. The molecule has 23 heavy (non-hydrogen) atoms. The van der Waals surface area contributed by atoms with Gasteiger partial charge in [0.15, 0.2) is 0 Å². The van der Waals surface area contributed by atoms with Crippen LogP contribution in [0.25, 0.3) is 10.9 Å². The Labute approximate surface area is 135 Å². The van der Waals surface area contributed by atoms with Gasteiger partial charge in [0.2, 0.25) is 0 Å². The number of nitrogens with zero attached hydrogens (tertiary/aromatic N) is 2. The molecule has 1 aliphatic rings. The molecule has 0 amide bonds. The molecule has 0 radical (unpaired) electrons. The molecule has 0 bridgehead atoms. The number of benzene rings is 1. The lowest BCUT2D eigenvalue weighted by Gasteiger charge is -2.26. The first-order valence-corrected chi connectivity index (χ1v) is 8.08. The standard InChI is InChI=1S/C17H23N3O3/c21-11-10-20-12-13(4-7-19-8-5-18-6-9-19)14-2-1-3-15(16(14)20)17(22)23/h1-3,12,18,21H,4-11H2,(H,22,23). The summed E-state index contributed by atoms with van der Waals surface area (Å²) in [6.45, 7) is 5.52. The summed E-state index contributed by atoms with van der Waals surface area (Å²) in [6.07, 6.45) is 2.88. The van der Waals surface area contributed by atoms with E-state index in [1.54, 1.807) is 12.1 Å². The molecule has 1 saturated heterocycles. The van der Waals surface area contributed by atoms with Crippen LogP contribution in [0.4, 0.5) is 0 Å². The average Bonchev–Trinajstić information content (AvgIpc) is 2.92. The molecule has 6 heteroatoms. The van der Waals surface area contributed by atoms with Gasteiger partial charge in [-0.3, -0.25) is 0 Å². The summed E-state index contributed by atoms with van der Waals surface area (Å²) in [6, 6.07) is 5.39. The molecule has 0 spiro atoms. The molecule has 3 N–H and O–H groups in total. The van der Waals surface area contributed by atoms with Crippen molar-refractivity contribution in [2.75, 3.05) is 39.3 Å². The van der Waals surface area contributed by atoms with Crippen LogP contribution in [0.5, 0.6) is 0 Å². The van der Waals surface area contributed by atoms with Crippen molar-refractivity contribution in [2.45, 2.75) is 13.0 Å². The first-order valence-electron chi connectivity index (χ1n) is 8.08. The SMILES string of the molecule is O=C(O)c1cccc2c(CCN3CCNCC3)cn(CCO)c12. The van der Waals surface area contributed by atoms with Gasteiger partial charge in [0.05, 0.1) is 17.7 Å². The van der Waals surface area contributed by atoms with Crippen molar-refractivity contribution in [2.24, 2.45) is 0 Å². The van der Waals surface area contributed by atoms with Crippen molar-refractivity contribution >= 4 is 16.9 Å². The molecule has 124 valence electrons. The van der Waals surface area contributed by atoms with Gasteiger partial charge in [-0.1, -0.05) is 12.1 Å². The smallest absolute Gasteiger partial charge is 0.337 e. The second kappa shape index (κ2) is 7.12. The van der Waals surface area contributed by atoms with Crippen molar-refractivity contribution in [1.29, 1.82) is 0 Å². The fourth-order valence-corrected chi connectivity index (χ4v) is 3.30. The van der Waals surface area contributed by atoms with E-state index in [9.17, 15) is 15.0 Å². The number of piperazine rings is 1. The number of fused-ring (bicyclic) bond motifs is 1. The Hall–Kier alpha value is -1.89. The van der Waals surface area contributed by atoms with Crippen LogP contribution in [0.1, 0.15) is 15.9 Å². The molecule has 6 nitrogen and oxygen atoms in total. The third kappa shape index (κ3) is 3.39. The molecule has 3 rings (SSSR count). The van der Waals surface area contributed by atoms with Crippen molar-refractivity contribution in [3.63, 3.8) is 0 Å². The monoisotopic (exact) mass is 317 g/mol. The van der Waals surface area contributed by atoms with Gasteiger partial charge in [-0.05, 0) is 18.1 Å². The molecule has 0 atom stereocenters. The van der Waals surface area contributed by atoms with E-state index < -0.39 is 5.97 Å². The van der Waals surface area contributed by atoms with Crippen LogP contribution in [-0.4, -0.2) is 65.0 Å². The topological polar surface area (TPSA) is 77.7 Å². The van der Waals surface area contributed by atoms with Crippen LogP contribution in [0.2, 0.25) is 0 Å².